The number of fused-ring (bicyclic) bond motifs is 1. The van der Waals surface area contributed by atoms with Crippen molar-refractivity contribution in [2.75, 3.05) is 6.61 Å². The van der Waals surface area contributed by atoms with Crippen LogP contribution in [0.4, 0.5) is 4.39 Å². The van der Waals surface area contributed by atoms with E-state index in [0.29, 0.717) is 11.6 Å². The average Bonchev–Trinajstić information content (AvgIpc) is 2.50. The van der Waals surface area contributed by atoms with Gasteiger partial charge in [0.15, 0.2) is 5.78 Å². The van der Waals surface area contributed by atoms with Crippen molar-refractivity contribution in [2.45, 2.75) is 18.8 Å². The summed E-state index contributed by atoms with van der Waals surface area (Å²) in [5.41, 5.74) is 1.08. The molecular weight excluding hydrogens is 291 g/mol. The standard InChI is InChI=1S/C17H14ClFO2/c18-12-5-6-15(19)14(10-12)16(20)9-11-7-8-21-17-4-2-1-3-13(11)17/h1-6,10-11H,7-9H2. The molecule has 2 aromatic carbocycles. The zero-order valence-corrected chi connectivity index (χ0v) is 12.1. The highest BCUT2D eigenvalue weighted by Gasteiger charge is 2.25. The van der Waals surface area contributed by atoms with Crippen molar-refractivity contribution in [2.24, 2.45) is 0 Å². The highest BCUT2D eigenvalue weighted by molar-refractivity contribution is 6.31. The Hall–Kier alpha value is -1.87. The highest BCUT2D eigenvalue weighted by atomic mass is 35.5. The summed E-state index contributed by atoms with van der Waals surface area (Å²) in [6.07, 6.45) is 1.02. The number of ketones is 1. The number of carbonyl (C=O) groups excluding carboxylic acids is 1. The lowest BCUT2D eigenvalue weighted by atomic mass is 9.87. The maximum absolute atomic E-state index is 13.8. The second-order valence-electron chi connectivity index (χ2n) is 5.12. The number of hydrogen-bond donors (Lipinski definition) is 0. The molecular formula is C17H14ClFO2. The molecule has 0 spiro atoms. The van der Waals surface area contributed by atoms with Crippen molar-refractivity contribution >= 4 is 17.4 Å². The molecule has 3 rings (SSSR count). The van der Waals surface area contributed by atoms with Crippen LogP contribution >= 0.6 is 11.6 Å². The molecule has 0 aliphatic carbocycles. The van der Waals surface area contributed by atoms with E-state index in [0.717, 1.165) is 17.7 Å². The van der Waals surface area contributed by atoms with E-state index in [9.17, 15) is 9.18 Å². The minimum Gasteiger partial charge on any atom is -0.493 e. The molecule has 1 aliphatic rings. The van der Waals surface area contributed by atoms with Crippen molar-refractivity contribution < 1.29 is 13.9 Å². The zero-order valence-electron chi connectivity index (χ0n) is 11.3. The average molecular weight is 305 g/mol. The van der Waals surface area contributed by atoms with Gasteiger partial charge < -0.3 is 4.74 Å². The van der Waals surface area contributed by atoms with Gasteiger partial charge in [0.1, 0.15) is 11.6 Å². The third-order valence-electron chi connectivity index (χ3n) is 3.74. The van der Waals surface area contributed by atoms with Crippen LogP contribution in [0.15, 0.2) is 42.5 Å². The summed E-state index contributed by atoms with van der Waals surface area (Å²) >= 11 is 5.85. The van der Waals surface area contributed by atoms with Crippen LogP contribution in [0, 0.1) is 5.82 Å². The molecule has 0 saturated heterocycles. The van der Waals surface area contributed by atoms with Gasteiger partial charge in [-0.1, -0.05) is 29.8 Å². The summed E-state index contributed by atoms with van der Waals surface area (Å²) in [6.45, 7) is 0.576. The van der Waals surface area contributed by atoms with Crippen molar-refractivity contribution in [1.82, 2.24) is 0 Å². The van der Waals surface area contributed by atoms with Crippen LogP contribution in [0.3, 0.4) is 0 Å². The molecule has 0 bridgehead atoms. The van der Waals surface area contributed by atoms with E-state index in [-0.39, 0.29) is 23.7 Å². The van der Waals surface area contributed by atoms with Crippen LogP contribution < -0.4 is 4.74 Å². The maximum atomic E-state index is 13.8. The molecule has 1 aliphatic heterocycles. The van der Waals surface area contributed by atoms with Gasteiger partial charge in [0.25, 0.3) is 0 Å². The molecule has 1 unspecified atom stereocenters. The fourth-order valence-electron chi connectivity index (χ4n) is 2.67. The van der Waals surface area contributed by atoms with Gasteiger partial charge in [0.2, 0.25) is 0 Å². The van der Waals surface area contributed by atoms with Crippen molar-refractivity contribution in [1.29, 1.82) is 0 Å². The van der Waals surface area contributed by atoms with E-state index in [1.165, 1.54) is 18.2 Å². The summed E-state index contributed by atoms with van der Waals surface area (Å²) in [4.78, 5) is 12.4. The molecule has 0 N–H and O–H groups in total. The summed E-state index contributed by atoms with van der Waals surface area (Å²) in [7, 11) is 0. The number of rotatable bonds is 3. The maximum Gasteiger partial charge on any atom is 0.166 e. The second kappa shape index (κ2) is 5.86. The lowest BCUT2D eigenvalue weighted by Gasteiger charge is -2.25. The molecule has 2 aromatic rings. The number of para-hydroxylation sites is 1. The third kappa shape index (κ3) is 2.93. The van der Waals surface area contributed by atoms with Gasteiger partial charge in [-0.3, -0.25) is 4.79 Å². The largest absolute Gasteiger partial charge is 0.493 e. The quantitative estimate of drug-likeness (QED) is 0.774. The lowest BCUT2D eigenvalue weighted by Crippen LogP contribution is -2.17. The van der Waals surface area contributed by atoms with E-state index in [1.807, 2.05) is 24.3 Å². The number of hydrogen-bond acceptors (Lipinski definition) is 2. The Labute approximate surface area is 127 Å². The molecule has 108 valence electrons. The smallest absolute Gasteiger partial charge is 0.166 e. The normalized spacial score (nSPS) is 17.0. The second-order valence-corrected chi connectivity index (χ2v) is 5.56. The molecule has 0 saturated carbocycles. The van der Waals surface area contributed by atoms with E-state index < -0.39 is 5.82 Å². The van der Waals surface area contributed by atoms with Crippen LogP contribution in [-0.2, 0) is 0 Å². The number of halogens is 2. The molecule has 1 atom stereocenters. The summed E-state index contributed by atoms with van der Waals surface area (Å²) in [5, 5.41) is 0.368. The summed E-state index contributed by atoms with van der Waals surface area (Å²) in [6, 6.07) is 11.7. The first-order valence-electron chi connectivity index (χ1n) is 6.85. The fourth-order valence-corrected chi connectivity index (χ4v) is 2.84. The van der Waals surface area contributed by atoms with Crippen LogP contribution in [0.2, 0.25) is 5.02 Å². The number of ether oxygens (including phenoxy) is 1. The molecule has 0 amide bonds. The van der Waals surface area contributed by atoms with E-state index in [4.69, 9.17) is 16.3 Å². The first kappa shape index (κ1) is 14.1. The van der Waals surface area contributed by atoms with Gasteiger partial charge in [-0.05, 0) is 42.2 Å². The Bertz CT molecular complexity index is 684. The molecule has 0 fully saturated rings. The fraction of sp³-hybridized carbons (Fsp3) is 0.235. The third-order valence-corrected chi connectivity index (χ3v) is 3.98. The topological polar surface area (TPSA) is 26.3 Å². The predicted molar refractivity (Wildman–Crippen MR) is 79.7 cm³/mol. The van der Waals surface area contributed by atoms with Crippen LogP contribution in [-0.4, -0.2) is 12.4 Å². The van der Waals surface area contributed by atoms with E-state index in [1.54, 1.807) is 0 Å². The van der Waals surface area contributed by atoms with Gasteiger partial charge in [-0.2, -0.15) is 0 Å². The van der Waals surface area contributed by atoms with Crippen molar-refractivity contribution in [3.8, 4) is 5.75 Å². The highest BCUT2D eigenvalue weighted by Crippen LogP contribution is 2.36. The van der Waals surface area contributed by atoms with Gasteiger partial charge >= 0.3 is 0 Å². The minimum atomic E-state index is -0.523. The lowest BCUT2D eigenvalue weighted by molar-refractivity contribution is 0.0962. The Kier molecular flexibility index (Phi) is 3.93. The first-order valence-corrected chi connectivity index (χ1v) is 7.23. The Morgan fingerprint density at radius 2 is 2.10 bits per heavy atom. The Morgan fingerprint density at radius 3 is 2.95 bits per heavy atom. The van der Waals surface area contributed by atoms with Crippen LogP contribution in [0.1, 0.15) is 34.7 Å². The molecule has 21 heavy (non-hydrogen) atoms. The number of benzene rings is 2. The van der Waals surface area contributed by atoms with Crippen LogP contribution in [0.25, 0.3) is 0 Å². The molecule has 4 heteroatoms. The van der Waals surface area contributed by atoms with Crippen molar-refractivity contribution in [3.05, 3.63) is 64.4 Å². The summed E-state index contributed by atoms with van der Waals surface area (Å²) in [5.74, 6) is 0.121. The van der Waals surface area contributed by atoms with Gasteiger partial charge in [0, 0.05) is 11.4 Å². The predicted octanol–water partition coefficient (Wildman–Crippen LogP) is 4.62. The number of carbonyl (C=O) groups is 1. The minimum absolute atomic E-state index is 0.0563. The van der Waals surface area contributed by atoms with Gasteiger partial charge in [-0.25, -0.2) is 4.39 Å². The molecule has 2 nitrogen and oxygen atoms in total. The van der Waals surface area contributed by atoms with Crippen LogP contribution in [0.5, 0.6) is 5.75 Å². The zero-order chi connectivity index (χ0) is 14.8. The molecule has 0 radical (unpaired) electrons. The molecule has 1 heterocycles. The van der Waals surface area contributed by atoms with Gasteiger partial charge in [0.05, 0.1) is 12.2 Å². The Morgan fingerprint density at radius 1 is 1.29 bits per heavy atom. The first-order chi connectivity index (χ1) is 10.1. The van der Waals surface area contributed by atoms with Crippen molar-refractivity contribution in [3.63, 3.8) is 0 Å². The van der Waals surface area contributed by atoms with E-state index in [2.05, 4.69) is 0 Å². The number of Topliss-reactive ketones (excluding diaryl/α,β-unsaturated/α-hetero) is 1. The summed E-state index contributed by atoms with van der Waals surface area (Å²) < 4.78 is 19.3. The Balaban J connectivity index is 1.84. The van der Waals surface area contributed by atoms with E-state index >= 15 is 0 Å². The van der Waals surface area contributed by atoms with Gasteiger partial charge in [-0.15, -0.1) is 0 Å². The monoisotopic (exact) mass is 304 g/mol. The SMILES string of the molecule is O=C(CC1CCOc2ccccc21)c1cc(Cl)ccc1F. The molecule has 0 aromatic heterocycles.